The van der Waals surface area contributed by atoms with Gasteiger partial charge in [-0.15, -0.1) is 0 Å². The molecule has 1 heterocycles. The third kappa shape index (κ3) is 2.99. The maximum absolute atomic E-state index is 12.3. The lowest BCUT2D eigenvalue weighted by Gasteiger charge is -2.07. The number of nitrogens with one attached hydrogen (secondary N) is 1. The molecule has 0 unspecified atom stereocenters. The molecule has 2 aromatic carbocycles. The summed E-state index contributed by atoms with van der Waals surface area (Å²) in [6.45, 7) is 2.12. The van der Waals surface area contributed by atoms with Crippen LogP contribution in [-0.4, -0.2) is 8.42 Å². The second kappa shape index (κ2) is 5.35. The van der Waals surface area contributed by atoms with Crippen LogP contribution in [0.4, 0.5) is 0 Å². The summed E-state index contributed by atoms with van der Waals surface area (Å²) in [4.78, 5) is 0.257. The average molecular weight is 301 g/mol. The van der Waals surface area contributed by atoms with Crippen molar-refractivity contribution in [3.05, 3.63) is 66.1 Å². The molecule has 0 radical (unpaired) electrons. The van der Waals surface area contributed by atoms with E-state index in [1.54, 1.807) is 24.3 Å². The van der Waals surface area contributed by atoms with Gasteiger partial charge < -0.3 is 4.42 Å². The quantitative estimate of drug-likeness (QED) is 0.805. The van der Waals surface area contributed by atoms with Gasteiger partial charge in [0, 0.05) is 0 Å². The minimum absolute atomic E-state index is 0.140. The summed E-state index contributed by atoms with van der Waals surface area (Å²) >= 11 is 0. The minimum Gasteiger partial charge on any atom is -0.468 e. The van der Waals surface area contributed by atoms with Gasteiger partial charge in [-0.2, -0.15) is 0 Å². The van der Waals surface area contributed by atoms with Crippen LogP contribution in [0.25, 0.3) is 10.8 Å². The lowest BCUT2D eigenvalue weighted by Crippen LogP contribution is -2.22. The van der Waals surface area contributed by atoms with Crippen molar-refractivity contribution in [2.45, 2.75) is 18.4 Å². The van der Waals surface area contributed by atoms with Crippen LogP contribution in [0.5, 0.6) is 0 Å². The Hall–Kier alpha value is -2.11. The summed E-state index contributed by atoms with van der Waals surface area (Å²) in [7, 11) is -3.55. The van der Waals surface area contributed by atoms with Crippen molar-refractivity contribution in [1.29, 1.82) is 0 Å². The zero-order valence-corrected chi connectivity index (χ0v) is 12.4. The maximum Gasteiger partial charge on any atom is 0.240 e. The van der Waals surface area contributed by atoms with Crippen LogP contribution in [0, 0.1) is 6.92 Å². The number of fused-ring (bicyclic) bond motifs is 1. The summed E-state index contributed by atoms with van der Waals surface area (Å²) in [5, 5.41) is 1.93. The summed E-state index contributed by atoms with van der Waals surface area (Å²) < 4.78 is 32.3. The molecule has 3 aromatic rings. The molecule has 1 N–H and O–H groups in total. The fourth-order valence-corrected chi connectivity index (χ4v) is 3.20. The smallest absolute Gasteiger partial charge is 0.240 e. The van der Waals surface area contributed by atoms with Crippen LogP contribution < -0.4 is 4.72 Å². The first-order chi connectivity index (χ1) is 10.0. The van der Waals surface area contributed by atoms with Gasteiger partial charge in [-0.1, -0.05) is 29.8 Å². The zero-order valence-electron chi connectivity index (χ0n) is 11.5. The summed E-state index contributed by atoms with van der Waals surface area (Å²) in [6.07, 6.45) is 1.52. The van der Waals surface area contributed by atoms with Gasteiger partial charge in [-0.05, 0) is 42.0 Å². The number of furan rings is 1. The number of hydrogen-bond acceptors (Lipinski definition) is 3. The zero-order chi connectivity index (χ0) is 14.9. The van der Waals surface area contributed by atoms with E-state index in [0.717, 1.165) is 16.3 Å². The van der Waals surface area contributed by atoms with Crippen molar-refractivity contribution >= 4 is 20.8 Å². The Morgan fingerprint density at radius 2 is 1.86 bits per heavy atom. The highest BCUT2D eigenvalue weighted by Crippen LogP contribution is 2.20. The number of rotatable bonds is 4. The van der Waals surface area contributed by atoms with Crippen molar-refractivity contribution in [3.8, 4) is 0 Å². The lowest BCUT2D eigenvalue weighted by molar-refractivity contribution is 0.498. The number of benzene rings is 2. The monoisotopic (exact) mass is 301 g/mol. The molecule has 21 heavy (non-hydrogen) atoms. The van der Waals surface area contributed by atoms with E-state index in [9.17, 15) is 8.42 Å². The van der Waals surface area contributed by atoms with E-state index in [1.165, 1.54) is 6.26 Å². The Labute approximate surface area is 123 Å². The Kier molecular flexibility index (Phi) is 3.53. The molecule has 0 saturated carbocycles. The van der Waals surface area contributed by atoms with Gasteiger partial charge in [0.2, 0.25) is 10.0 Å². The molecule has 0 fully saturated rings. The van der Waals surface area contributed by atoms with Gasteiger partial charge in [-0.25, -0.2) is 13.1 Å². The fraction of sp³-hybridized carbons (Fsp3) is 0.125. The number of aryl methyl sites for hydroxylation is 1. The fourth-order valence-electron chi connectivity index (χ4n) is 2.17. The maximum atomic E-state index is 12.3. The van der Waals surface area contributed by atoms with Gasteiger partial charge in [0.1, 0.15) is 5.76 Å². The molecule has 0 aliphatic carbocycles. The van der Waals surface area contributed by atoms with Crippen LogP contribution in [-0.2, 0) is 16.6 Å². The van der Waals surface area contributed by atoms with E-state index in [4.69, 9.17) is 4.42 Å². The highest BCUT2D eigenvalue weighted by atomic mass is 32.2. The summed E-state index contributed by atoms with van der Waals surface area (Å²) in [5.41, 5.74) is 1.10. The van der Waals surface area contributed by atoms with Crippen LogP contribution in [0.2, 0.25) is 0 Å². The van der Waals surface area contributed by atoms with Crippen LogP contribution in [0.1, 0.15) is 11.3 Å². The van der Waals surface area contributed by atoms with Gasteiger partial charge in [0.05, 0.1) is 17.7 Å². The standard InChI is InChI=1S/C16H15NO3S/c1-12-4-5-13-6-7-16(10-14(13)9-12)21(18,19)17-11-15-3-2-8-20-15/h2-10,17H,11H2,1H3. The Morgan fingerprint density at radius 1 is 1.05 bits per heavy atom. The first-order valence-corrected chi connectivity index (χ1v) is 8.05. The largest absolute Gasteiger partial charge is 0.468 e. The van der Waals surface area contributed by atoms with Gasteiger partial charge in [0.25, 0.3) is 0 Å². The normalized spacial score (nSPS) is 11.9. The first-order valence-electron chi connectivity index (χ1n) is 6.57. The predicted molar refractivity (Wildman–Crippen MR) is 81.4 cm³/mol. The third-order valence-electron chi connectivity index (χ3n) is 3.29. The van der Waals surface area contributed by atoms with E-state index >= 15 is 0 Å². The van der Waals surface area contributed by atoms with Crippen LogP contribution in [0.3, 0.4) is 0 Å². The molecule has 1 aromatic heterocycles. The lowest BCUT2D eigenvalue weighted by atomic mass is 10.1. The molecule has 5 heteroatoms. The molecule has 0 aliphatic heterocycles. The number of sulfonamides is 1. The highest BCUT2D eigenvalue weighted by Gasteiger charge is 2.14. The molecule has 0 atom stereocenters. The molecule has 0 bridgehead atoms. The molecule has 0 spiro atoms. The molecule has 3 rings (SSSR count). The van der Waals surface area contributed by atoms with Gasteiger partial charge in [0.15, 0.2) is 0 Å². The van der Waals surface area contributed by atoms with E-state index in [-0.39, 0.29) is 11.4 Å². The van der Waals surface area contributed by atoms with Gasteiger partial charge >= 0.3 is 0 Å². The summed E-state index contributed by atoms with van der Waals surface area (Å²) in [6, 6.07) is 14.5. The van der Waals surface area contributed by atoms with Crippen LogP contribution >= 0.6 is 0 Å². The molecule has 0 aliphatic rings. The van der Waals surface area contributed by atoms with Crippen molar-refractivity contribution < 1.29 is 12.8 Å². The summed E-state index contributed by atoms with van der Waals surface area (Å²) in [5.74, 6) is 0.579. The molecule has 4 nitrogen and oxygen atoms in total. The van der Waals surface area contributed by atoms with E-state index in [0.29, 0.717) is 5.76 Å². The molecule has 0 amide bonds. The molecule has 108 valence electrons. The second-order valence-electron chi connectivity index (χ2n) is 4.92. The third-order valence-corrected chi connectivity index (χ3v) is 4.69. The SMILES string of the molecule is Cc1ccc2ccc(S(=O)(=O)NCc3ccco3)cc2c1. The number of hydrogen-bond donors (Lipinski definition) is 1. The van der Waals surface area contributed by atoms with Crippen molar-refractivity contribution in [3.63, 3.8) is 0 Å². The topological polar surface area (TPSA) is 59.3 Å². The Bertz CT molecular complexity index is 868. The Morgan fingerprint density at radius 3 is 2.62 bits per heavy atom. The van der Waals surface area contributed by atoms with Crippen molar-refractivity contribution in [1.82, 2.24) is 4.72 Å². The van der Waals surface area contributed by atoms with Crippen LogP contribution in [0.15, 0.2) is 64.1 Å². The molecular weight excluding hydrogens is 286 g/mol. The van der Waals surface area contributed by atoms with E-state index in [2.05, 4.69) is 4.72 Å². The first kappa shape index (κ1) is 13.9. The predicted octanol–water partition coefficient (Wildman–Crippen LogP) is 3.22. The van der Waals surface area contributed by atoms with E-state index < -0.39 is 10.0 Å². The average Bonchev–Trinajstić information content (AvgIpc) is 2.98. The van der Waals surface area contributed by atoms with Gasteiger partial charge in [-0.3, -0.25) is 0 Å². The molecule has 0 saturated heterocycles. The highest BCUT2D eigenvalue weighted by molar-refractivity contribution is 7.89. The second-order valence-corrected chi connectivity index (χ2v) is 6.68. The molecular formula is C16H15NO3S. The van der Waals surface area contributed by atoms with Crippen molar-refractivity contribution in [2.75, 3.05) is 0 Å². The van der Waals surface area contributed by atoms with Crippen molar-refractivity contribution in [2.24, 2.45) is 0 Å². The Balaban J connectivity index is 1.91. The van der Waals surface area contributed by atoms with E-state index in [1.807, 2.05) is 31.2 Å². The minimum atomic E-state index is -3.55.